The summed E-state index contributed by atoms with van der Waals surface area (Å²) in [5.74, 6) is -0.780. The van der Waals surface area contributed by atoms with E-state index < -0.39 is 5.97 Å². The molecule has 0 spiro atoms. The van der Waals surface area contributed by atoms with Crippen LogP contribution in [0, 0.1) is 0 Å². The molecule has 0 fully saturated rings. The van der Waals surface area contributed by atoms with Crippen molar-refractivity contribution >= 4 is 5.97 Å². The van der Waals surface area contributed by atoms with Crippen LogP contribution in [0.1, 0.15) is 15.9 Å². The van der Waals surface area contributed by atoms with Gasteiger partial charge in [-0.1, -0.05) is 0 Å². The molecule has 0 unspecified atom stereocenters. The van der Waals surface area contributed by atoms with Crippen LogP contribution in [0.15, 0.2) is 30.9 Å². The van der Waals surface area contributed by atoms with E-state index >= 15 is 0 Å². The number of pyridine rings is 1. The quantitative estimate of drug-likeness (QED) is 0.855. The monoisotopic (exact) mass is 233 g/mol. The molecule has 6 heteroatoms. The Balaban J connectivity index is 2.11. The number of nitrogens with zero attached hydrogens (tertiary/aromatic N) is 3. The summed E-state index contributed by atoms with van der Waals surface area (Å²) in [5, 5.41) is 12.9. The molecule has 1 N–H and O–H groups in total. The van der Waals surface area contributed by atoms with Gasteiger partial charge in [0.2, 0.25) is 0 Å². The number of rotatable bonds is 4. The van der Waals surface area contributed by atoms with Gasteiger partial charge in [0.05, 0.1) is 12.4 Å². The van der Waals surface area contributed by atoms with Crippen LogP contribution in [-0.2, 0) is 13.7 Å². The number of carboxylic acids is 1. The van der Waals surface area contributed by atoms with Gasteiger partial charge in [0.1, 0.15) is 12.2 Å². The fourth-order valence-electron chi connectivity index (χ4n) is 1.38. The largest absolute Gasteiger partial charge is 0.486 e. The first-order valence-electron chi connectivity index (χ1n) is 4.94. The minimum absolute atomic E-state index is 0.101. The summed E-state index contributed by atoms with van der Waals surface area (Å²) in [6.45, 7) is 0.264. The fourth-order valence-corrected chi connectivity index (χ4v) is 1.38. The van der Waals surface area contributed by atoms with E-state index in [-0.39, 0.29) is 17.9 Å². The molecule has 0 saturated heterocycles. The summed E-state index contributed by atoms with van der Waals surface area (Å²) in [5.41, 5.74) is 0.969. The lowest BCUT2D eigenvalue weighted by Crippen LogP contribution is -2.03. The lowest BCUT2D eigenvalue weighted by atomic mass is 10.2. The van der Waals surface area contributed by atoms with Gasteiger partial charge in [-0.2, -0.15) is 5.10 Å². The first-order chi connectivity index (χ1) is 8.16. The number of aromatic nitrogens is 3. The summed E-state index contributed by atoms with van der Waals surface area (Å²) in [6, 6.07) is 1.40. The van der Waals surface area contributed by atoms with E-state index in [1.165, 1.54) is 18.5 Å². The van der Waals surface area contributed by atoms with Crippen molar-refractivity contribution in [3.05, 3.63) is 42.0 Å². The van der Waals surface area contributed by atoms with Gasteiger partial charge in [0.15, 0.2) is 5.75 Å². The van der Waals surface area contributed by atoms with Crippen LogP contribution < -0.4 is 4.74 Å². The second kappa shape index (κ2) is 4.65. The van der Waals surface area contributed by atoms with Crippen molar-refractivity contribution in [1.82, 2.24) is 14.8 Å². The van der Waals surface area contributed by atoms with Gasteiger partial charge in [-0.3, -0.25) is 9.67 Å². The van der Waals surface area contributed by atoms with Gasteiger partial charge in [-0.05, 0) is 6.07 Å². The van der Waals surface area contributed by atoms with Crippen molar-refractivity contribution in [3.8, 4) is 5.75 Å². The summed E-state index contributed by atoms with van der Waals surface area (Å²) in [4.78, 5) is 14.7. The lowest BCUT2D eigenvalue weighted by molar-refractivity contribution is 0.0691. The minimum atomic E-state index is -1.03. The van der Waals surface area contributed by atoms with Crippen molar-refractivity contribution in [3.63, 3.8) is 0 Å². The zero-order valence-electron chi connectivity index (χ0n) is 9.20. The van der Waals surface area contributed by atoms with Crippen molar-refractivity contribution in [2.24, 2.45) is 7.05 Å². The van der Waals surface area contributed by atoms with Gasteiger partial charge in [-0.15, -0.1) is 0 Å². The number of carboxylic acid groups (broad SMARTS) is 1. The van der Waals surface area contributed by atoms with Crippen LogP contribution in [0.3, 0.4) is 0 Å². The topological polar surface area (TPSA) is 77.2 Å². The number of hydrogen-bond acceptors (Lipinski definition) is 4. The third-order valence-corrected chi connectivity index (χ3v) is 2.17. The van der Waals surface area contributed by atoms with E-state index in [2.05, 4.69) is 10.1 Å². The molecule has 0 saturated carbocycles. The summed E-state index contributed by atoms with van der Waals surface area (Å²) in [6.07, 6.45) is 6.27. The highest BCUT2D eigenvalue weighted by atomic mass is 16.5. The molecule has 88 valence electrons. The van der Waals surface area contributed by atoms with Gasteiger partial charge < -0.3 is 9.84 Å². The maximum absolute atomic E-state index is 10.9. The highest BCUT2D eigenvalue weighted by Gasteiger charge is 2.10. The molecule has 0 amide bonds. The standard InChI is InChI=1S/C11H11N3O3/c1-14-6-8(4-13-14)7-17-10-5-12-3-2-9(10)11(15)16/h2-6H,7H2,1H3,(H,15,16). The zero-order valence-corrected chi connectivity index (χ0v) is 9.20. The van der Waals surface area contributed by atoms with Gasteiger partial charge >= 0.3 is 5.97 Å². The summed E-state index contributed by atoms with van der Waals surface area (Å²) >= 11 is 0. The highest BCUT2D eigenvalue weighted by molar-refractivity contribution is 5.90. The molecule has 0 aromatic carbocycles. The van der Waals surface area contributed by atoms with Crippen molar-refractivity contribution in [2.75, 3.05) is 0 Å². The van der Waals surface area contributed by atoms with Crippen LogP contribution in [-0.4, -0.2) is 25.8 Å². The number of aryl methyl sites for hydroxylation is 1. The molecular weight excluding hydrogens is 222 g/mol. The molecule has 17 heavy (non-hydrogen) atoms. The molecule has 2 aromatic heterocycles. The normalized spacial score (nSPS) is 10.2. The molecule has 0 aliphatic rings. The molecule has 0 radical (unpaired) electrons. The third-order valence-electron chi connectivity index (χ3n) is 2.17. The molecule has 6 nitrogen and oxygen atoms in total. The van der Waals surface area contributed by atoms with Gasteiger partial charge in [0.25, 0.3) is 0 Å². The van der Waals surface area contributed by atoms with Crippen LogP contribution in [0.4, 0.5) is 0 Å². The third kappa shape index (κ3) is 2.60. The number of aromatic carboxylic acids is 1. The maximum atomic E-state index is 10.9. The Kier molecular flexibility index (Phi) is 3.04. The lowest BCUT2D eigenvalue weighted by Gasteiger charge is -2.06. The predicted molar refractivity (Wildman–Crippen MR) is 58.7 cm³/mol. The number of carbonyl (C=O) groups is 1. The summed E-state index contributed by atoms with van der Waals surface area (Å²) < 4.78 is 7.05. The number of ether oxygens (including phenoxy) is 1. The fraction of sp³-hybridized carbons (Fsp3) is 0.182. The molecule has 2 aromatic rings. The summed E-state index contributed by atoms with van der Waals surface area (Å²) in [7, 11) is 1.80. The second-order valence-electron chi connectivity index (χ2n) is 3.49. The molecule has 0 bridgehead atoms. The van der Waals surface area contributed by atoms with Gasteiger partial charge in [0, 0.05) is 25.0 Å². The van der Waals surface area contributed by atoms with E-state index in [1.807, 2.05) is 0 Å². The van der Waals surface area contributed by atoms with E-state index in [0.717, 1.165) is 5.56 Å². The van der Waals surface area contributed by atoms with E-state index in [0.29, 0.717) is 0 Å². The van der Waals surface area contributed by atoms with Gasteiger partial charge in [-0.25, -0.2) is 4.79 Å². The smallest absolute Gasteiger partial charge is 0.339 e. The predicted octanol–water partition coefficient (Wildman–Crippen LogP) is 1.09. The Morgan fingerprint density at radius 1 is 1.53 bits per heavy atom. The molecule has 0 atom stereocenters. The Morgan fingerprint density at radius 3 is 3.00 bits per heavy atom. The Bertz CT molecular complexity index is 536. The van der Waals surface area contributed by atoms with Crippen LogP contribution in [0.2, 0.25) is 0 Å². The van der Waals surface area contributed by atoms with E-state index in [1.54, 1.807) is 24.1 Å². The van der Waals surface area contributed by atoms with Crippen LogP contribution in [0.5, 0.6) is 5.75 Å². The first-order valence-corrected chi connectivity index (χ1v) is 4.94. The van der Waals surface area contributed by atoms with Crippen molar-refractivity contribution < 1.29 is 14.6 Å². The second-order valence-corrected chi connectivity index (χ2v) is 3.49. The van der Waals surface area contributed by atoms with Crippen LogP contribution >= 0.6 is 0 Å². The molecule has 0 aliphatic heterocycles. The average molecular weight is 233 g/mol. The molecule has 2 heterocycles. The Labute approximate surface area is 97.5 Å². The number of hydrogen-bond donors (Lipinski definition) is 1. The Hall–Kier alpha value is -2.37. The first kappa shape index (κ1) is 11.1. The minimum Gasteiger partial charge on any atom is -0.486 e. The highest BCUT2D eigenvalue weighted by Crippen LogP contribution is 2.17. The van der Waals surface area contributed by atoms with Crippen LogP contribution in [0.25, 0.3) is 0 Å². The molecule has 0 aliphatic carbocycles. The Morgan fingerprint density at radius 2 is 2.35 bits per heavy atom. The van der Waals surface area contributed by atoms with E-state index in [4.69, 9.17) is 9.84 Å². The van der Waals surface area contributed by atoms with Crippen molar-refractivity contribution in [1.29, 1.82) is 0 Å². The average Bonchev–Trinajstić information content (AvgIpc) is 2.73. The van der Waals surface area contributed by atoms with Crippen molar-refractivity contribution in [2.45, 2.75) is 6.61 Å². The SMILES string of the molecule is Cn1cc(COc2cnccc2C(=O)O)cn1. The molecule has 2 rings (SSSR count). The maximum Gasteiger partial charge on any atom is 0.339 e. The molecular formula is C11H11N3O3. The zero-order chi connectivity index (χ0) is 12.3. The van der Waals surface area contributed by atoms with E-state index in [9.17, 15) is 4.79 Å².